The number of hydrogen-bond donors (Lipinski definition) is 3. The lowest BCUT2D eigenvalue weighted by molar-refractivity contribution is -0.132. The summed E-state index contributed by atoms with van der Waals surface area (Å²) in [6.07, 6.45) is -1.57. The van der Waals surface area contributed by atoms with Crippen molar-refractivity contribution >= 4 is 16.7 Å². The van der Waals surface area contributed by atoms with Crippen molar-refractivity contribution in [1.82, 2.24) is 4.98 Å². The molecule has 88 valence electrons. The number of benzene rings is 1. The van der Waals surface area contributed by atoms with Gasteiger partial charge in [0.05, 0.1) is 5.69 Å². The van der Waals surface area contributed by atoms with E-state index in [1.165, 1.54) is 6.20 Å². The monoisotopic (exact) mass is 232 g/mol. The molecule has 0 saturated heterocycles. The summed E-state index contributed by atoms with van der Waals surface area (Å²) < 4.78 is 0. The molecule has 0 saturated carbocycles. The lowest BCUT2D eigenvalue weighted by Crippen LogP contribution is -2.34. The summed E-state index contributed by atoms with van der Waals surface area (Å²) in [6, 6.07) is 9.03. The Balaban J connectivity index is 2.52. The second-order valence-corrected chi connectivity index (χ2v) is 3.71. The van der Waals surface area contributed by atoms with Crippen molar-refractivity contribution in [2.45, 2.75) is 12.2 Å². The first-order chi connectivity index (χ1) is 8.11. The molecule has 2 unspecified atom stereocenters. The molecule has 0 radical (unpaired) electrons. The van der Waals surface area contributed by atoms with E-state index in [9.17, 15) is 15.0 Å². The van der Waals surface area contributed by atoms with Crippen molar-refractivity contribution in [3.63, 3.8) is 0 Å². The number of rotatable bonds is 3. The number of amides is 1. The number of aliphatic hydroxyl groups excluding tert-OH is 2. The van der Waals surface area contributed by atoms with Crippen LogP contribution in [0.5, 0.6) is 0 Å². The Kier molecular flexibility index (Phi) is 3.03. The lowest BCUT2D eigenvalue weighted by Gasteiger charge is -2.15. The molecule has 5 heteroatoms. The molecule has 1 aromatic heterocycles. The normalized spacial score (nSPS) is 14.5. The Bertz CT molecular complexity index is 551. The molecule has 1 heterocycles. The van der Waals surface area contributed by atoms with Crippen LogP contribution >= 0.6 is 0 Å². The van der Waals surface area contributed by atoms with Crippen molar-refractivity contribution in [2.75, 3.05) is 0 Å². The zero-order valence-electron chi connectivity index (χ0n) is 8.95. The maximum atomic E-state index is 10.8. The number of hydrogen-bond acceptors (Lipinski definition) is 4. The van der Waals surface area contributed by atoms with E-state index in [1.54, 1.807) is 18.2 Å². The summed E-state index contributed by atoms with van der Waals surface area (Å²) in [5, 5.41) is 20.8. The molecule has 0 aliphatic rings. The number of carbonyl (C=O) groups is 1. The van der Waals surface area contributed by atoms with Gasteiger partial charge in [0.1, 0.15) is 6.10 Å². The molecular formula is C12H12N2O3. The number of fused-ring (bicyclic) bond motifs is 1. The third-order valence-electron chi connectivity index (χ3n) is 2.58. The third-order valence-corrected chi connectivity index (χ3v) is 2.58. The second kappa shape index (κ2) is 4.48. The van der Waals surface area contributed by atoms with E-state index in [4.69, 9.17) is 5.73 Å². The van der Waals surface area contributed by atoms with Gasteiger partial charge in [0.2, 0.25) is 5.91 Å². The van der Waals surface area contributed by atoms with Crippen molar-refractivity contribution in [3.8, 4) is 0 Å². The first-order valence-corrected chi connectivity index (χ1v) is 5.10. The average molecular weight is 232 g/mol. The van der Waals surface area contributed by atoms with Crippen molar-refractivity contribution in [1.29, 1.82) is 0 Å². The van der Waals surface area contributed by atoms with Gasteiger partial charge in [-0.3, -0.25) is 9.78 Å². The van der Waals surface area contributed by atoms with Gasteiger partial charge >= 0.3 is 0 Å². The highest BCUT2D eigenvalue weighted by molar-refractivity contribution is 5.86. The number of pyridine rings is 1. The maximum absolute atomic E-state index is 10.8. The maximum Gasteiger partial charge on any atom is 0.249 e. The molecule has 1 aromatic carbocycles. The molecule has 0 spiro atoms. The summed E-state index contributed by atoms with van der Waals surface area (Å²) in [6.45, 7) is 0. The minimum atomic E-state index is -1.66. The van der Waals surface area contributed by atoms with Crippen LogP contribution in [-0.4, -0.2) is 27.2 Å². The molecule has 2 rings (SSSR count). The molecule has 0 bridgehead atoms. The number of primary amides is 1. The van der Waals surface area contributed by atoms with Crippen molar-refractivity contribution < 1.29 is 15.0 Å². The van der Waals surface area contributed by atoms with Gasteiger partial charge in [-0.25, -0.2) is 0 Å². The van der Waals surface area contributed by atoms with Gasteiger partial charge in [-0.05, 0) is 11.5 Å². The SMILES string of the molecule is NC(=O)C(O)C(O)c1nccc2ccccc12. The highest BCUT2D eigenvalue weighted by Gasteiger charge is 2.25. The van der Waals surface area contributed by atoms with E-state index >= 15 is 0 Å². The summed E-state index contributed by atoms with van der Waals surface area (Å²) in [7, 11) is 0. The van der Waals surface area contributed by atoms with Crippen LogP contribution in [-0.2, 0) is 4.79 Å². The number of nitrogens with zero attached hydrogens (tertiary/aromatic N) is 1. The fourth-order valence-electron chi connectivity index (χ4n) is 1.68. The van der Waals surface area contributed by atoms with Crippen LogP contribution in [0.25, 0.3) is 10.8 Å². The Labute approximate surface area is 97.5 Å². The largest absolute Gasteiger partial charge is 0.383 e. The van der Waals surface area contributed by atoms with Crippen molar-refractivity contribution in [2.24, 2.45) is 5.73 Å². The summed E-state index contributed by atoms with van der Waals surface area (Å²) >= 11 is 0. The topological polar surface area (TPSA) is 96.4 Å². The van der Waals surface area contributed by atoms with Gasteiger partial charge < -0.3 is 15.9 Å². The zero-order valence-corrected chi connectivity index (χ0v) is 8.95. The minimum Gasteiger partial charge on any atom is -0.383 e. The van der Waals surface area contributed by atoms with Crippen LogP contribution in [0.3, 0.4) is 0 Å². The van der Waals surface area contributed by atoms with Crippen LogP contribution in [0.15, 0.2) is 36.5 Å². The van der Waals surface area contributed by atoms with Gasteiger partial charge in [-0.1, -0.05) is 24.3 Å². The first kappa shape index (κ1) is 11.5. The second-order valence-electron chi connectivity index (χ2n) is 3.71. The number of carbonyl (C=O) groups excluding carboxylic acids is 1. The molecular weight excluding hydrogens is 220 g/mol. The summed E-state index contributed by atoms with van der Waals surface area (Å²) in [5.74, 6) is -0.979. The van der Waals surface area contributed by atoms with E-state index in [0.717, 1.165) is 5.39 Å². The van der Waals surface area contributed by atoms with E-state index < -0.39 is 18.1 Å². The Morgan fingerprint density at radius 2 is 1.94 bits per heavy atom. The predicted octanol–water partition coefficient (Wildman–Crippen LogP) is 0.114. The molecule has 5 nitrogen and oxygen atoms in total. The molecule has 2 atom stereocenters. The fourth-order valence-corrected chi connectivity index (χ4v) is 1.68. The minimum absolute atomic E-state index is 0.245. The number of aliphatic hydroxyl groups is 2. The van der Waals surface area contributed by atoms with Gasteiger partial charge in [0.15, 0.2) is 6.10 Å². The van der Waals surface area contributed by atoms with Crippen LogP contribution in [0.4, 0.5) is 0 Å². The van der Waals surface area contributed by atoms with E-state index in [0.29, 0.717) is 5.39 Å². The summed E-state index contributed by atoms with van der Waals surface area (Å²) in [4.78, 5) is 14.8. The lowest BCUT2D eigenvalue weighted by atomic mass is 10.0. The van der Waals surface area contributed by atoms with Gasteiger partial charge in [0.25, 0.3) is 0 Å². The summed E-state index contributed by atoms with van der Waals surface area (Å²) in [5.41, 5.74) is 5.19. The van der Waals surface area contributed by atoms with E-state index in [1.807, 2.05) is 12.1 Å². The van der Waals surface area contributed by atoms with Crippen LogP contribution in [0, 0.1) is 0 Å². The highest BCUT2D eigenvalue weighted by Crippen LogP contribution is 2.23. The quantitative estimate of drug-likeness (QED) is 0.700. The van der Waals surface area contributed by atoms with Crippen molar-refractivity contribution in [3.05, 3.63) is 42.2 Å². The van der Waals surface area contributed by atoms with Gasteiger partial charge in [-0.15, -0.1) is 0 Å². The molecule has 0 fully saturated rings. The number of nitrogens with two attached hydrogens (primary N) is 1. The molecule has 2 aromatic rings. The molecule has 0 aliphatic carbocycles. The Morgan fingerprint density at radius 1 is 1.24 bits per heavy atom. The molecule has 0 aliphatic heterocycles. The molecule has 1 amide bonds. The fraction of sp³-hybridized carbons (Fsp3) is 0.167. The zero-order chi connectivity index (χ0) is 12.4. The predicted molar refractivity (Wildman–Crippen MR) is 61.9 cm³/mol. The van der Waals surface area contributed by atoms with Gasteiger partial charge in [0, 0.05) is 11.6 Å². The standard InChI is InChI=1S/C12H12N2O3/c13-12(17)11(16)10(15)9-8-4-2-1-3-7(8)5-6-14-9/h1-6,10-11,15-16H,(H2,13,17). The number of aromatic nitrogens is 1. The van der Waals surface area contributed by atoms with Gasteiger partial charge in [-0.2, -0.15) is 0 Å². The van der Waals surface area contributed by atoms with E-state index in [2.05, 4.69) is 4.98 Å². The van der Waals surface area contributed by atoms with Crippen LogP contribution in [0.2, 0.25) is 0 Å². The smallest absolute Gasteiger partial charge is 0.249 e. The van der Waals surface area contributed by atoms with E-state index in [-0.39, 0.29) is 5.69 Å². The van der Waals surface area contributed by atoms with Crippen LogP contribution in [0.1, 0.15) is 11.8 Å². The first-order valence-electron chi connectivity index (χ1n) is 5.10. The average Bonchev–Trinajstić information content (AvgIpc) is 2.36. The highest BCUT2D eigenvalue weighted by atomic mass is 16.3. The Morgan fingerprint density at radius 3 is 2.65 bits per heavy atom. The molecule has 4 N–H and O–H groups in total. The Hall–Kier alpha value is -1.98. The molecule has 17 heavy (non-hydrogen) atoms. The van der Waals surface area contributed by atoms with Crippen LogP contribution < -0.4 is 5.73 Å². The third kappa shape index (κ3) is 2.11.